The van der Waals surface area contributed by atoms with Crippen molar-refractivity contribution in [3.8, 4) is 23.2 Å². The Kier molecular flexibility index (Phi) is 8.68. The van der Waals surface area contributed by atoms with Gasteiger partial charge in [-0.2, -0.15) is 20.3 Å². The maximum atomic E-state index is 15.5. The first-order chi connectivity index (χ1) is 24.9. The third-order valence-corrected chi connectivity index (χ3v) is 11.3. The standard InChI is InChI=1S/C36H35ClF2N8O4S/c1-35(2,3)51-34(48)45-32-21(12-40)26-20(5-6-24(39)30(26)52-32)25-22-15-49-16-23(22)27-29(28(25)37)43-33(44-31(27)41-13-19-7-9-42-46-19)50-17-36-8-4-10-47(36)14-18(38)11-36/h5-7,9,18H,4,8,10-11,13-17H2,1-3H3,(H,42,46)(H,45,48)(H,41,43,44)/t18-,36+/m1/s1. The molecule has 12 nitrogen and oxygen atoms in total. The normalized spacial score (nSPS) is 19.9. The Morgan fingerprint density at radius 3 is 2.85 bits per heavy atom. The Hall–Kier alpha value is -4.62. The first-order valence-electron chi connectivity index (χ1n) is 17.0. The van der Waals surface area contributed by atoms with Gasteiger partial charge in [0, 0.05) is 30.1 Å². The minimum Gasteiger partial charge on any atom is -0.461 e. The number of nitrogens with one attached hydrogen (secondary N) is 3. The lowest BCUT2D eigenvalue weighted by atomic mass is 9.91. The quantitative estimate of drug-likeness (QED) is 0.143. The molecule has 2 atom stereocenters. The second-order valence-corrected chi connectivity index (χ2v) is 15.8. The van der Waals surface area contributed by atoms with Gasteiger partial charge < -0.3 is 19.5 Å². The molecule has 0 spiro atoms. The maximum Gasteiger partial charge on any atom is 0.412 e. The zero-order valence-electron chi connectivity index (χ0n) is 28.7. The monoisotopic (exact) mass is 748 g/mol. The van der Waals surface area contributed by atoms with E-state index in [-0.39, 0.29) is 46.1 Å². The number of thiophene rings is 1. The number of aromatic amines is 1. The Labute approximate surface area is 306 Å². The summed E-state index contributed by atoms with van der Waals surface area (Å²) in [5, 5.41) is 24.7. The number of carbonyl (C=O) groups is 1. The highest BCUT2D eigenvalue weighted by molar-refractivity contribution is 7.23. The molecule has 2 aromatic carbocycles. The van der Waals surface area contributed by atoms with Gasteiger partial charge in [0.05, 0.1) is 57.2 Å². The van der Waals surface area contributed by atoms with Crippen LogP contribution in [0, 0.1) is 17.1 Å². The van der Waals surface area contributed by atoms with Crippen molar-refractivity contribution < 1.29 is 27.8 Å². The Morgan fingerprint density at radius 2 is 2.08 bits per heavy atom. The van der Waals surface area contributed by atoms with E-state index in [1.807, 2.05) is 6.07 Å². The summed E-state index contributed by atoms with van der Waals surface area (Å²) in [4.78, 5) is 24.6. The molecule has 6 heterocycles. The average Bonchev–Trinajstić information content (AvgIpc) is 3.92. The summed E-state index contributed by atoms with van der Waals surface area (Å²) in [5.41, 5.74) is 2.55. The van der Waals surface area contributed by atoms with Crippen LogP contribution in [-0.2, 0) is 29.2 Å². The lowest BCUT2D eigenvalue weighted by Crippen LogP contribution is -2.43. The van der Waals surface area contributed by atoms with Crippen LogP contribution >= 0.6 is 22.9 Å². The highest BCUT2D eigenvalue weighted by Gasteiger charge is 2.49. The van der Waals surface area contributed by atoms with Crippen LogP contribution < -0.4 is 15.4 Å². The molecule has 270 valence electrons. The first-order valence-corrected chi connectivity index (χ1v) is 18.2. The number of H-pyrrole nitrogens is 1. The summed E-state index contributed by atoms with van der Waals surface area (Å²) in [6.45, 7) is 7.34. The molecule has 3 N–H and O–H groups in total. The van der Waals surface area contributed by atoms with Crippen molar-refractivity contribution in [1.29, 1.82) is 5.26 Å². The number of fused-ring (bicyclic) bond motifs is 5. The van der Waals surface area contributed by atoms with Gasteiger partial charge in [-0.15, -0.1) is 11.3 Å². The van der Waals surface area contributed by atoms with E-state index in [9.17, 15) is 14.4 Å². The third kappa shape index (κ3) is 6.07. The average molecular weight is 749 g/mol. The van der Waals surface area contributed by atoms with E-state index in [4.69, 9.17) is 35.8 Å². The highest BCUT2D eigenvalue weighted by Crippen LogP contribution is 2.50. The van der Waals surface area contributed by atoms with Gasteiger partial charge in [-0.05, 0) is 69.0 Å². The zero-order chi connectivity index (χ0) is 36.4. The van der Waals surface area contributed by atoms with Gasteiger partial charge in [-0.3, -0.25) is 15.3 Å². The van der Waals surface area contributed by atoms with Crippen LogP contribution in [0.4, 0.5) is 24.4 Å². The number of benzene rings is 2. The van der Waals surface area contributed by atoms with Gasteiger partial charge >= 0.3 is 12.1 Å². The minimum atomic E-state index is -0.921. The van der Waals surface area contributed by atoms with Crippen molar-refractivity contribution in [3.63, 3.8) is 0 Å². The van der Waals surface area contributed by atoms with Gasteiger partial charge in [0.2, 0.25) is 0 Å². The molecule has 0 aliphatic carbocycles. The van der Waals surface area contributed by atoms with E-state index < -0.39 is 29.2 Å². The number of anilines is 2. The maximum absolute atomic E-state index is 15.5. The molecule has 2 saturated heterocycles. The largest absolute Gasteiger partial charge is 0.461 e. The number of hydrogen-bond donors (Lipinski definition) is 3. The van der Waals surface area contributed by atoms with E-state index in [2.05, 4.69) is 31.8 Å². The highest BCUT2D eigenvalue weighted by atomic mass is 35.5. The summed E-state index contributed by atoms with van der Waals surface area (Å²) < 4.78 is 48.0. The third-order valence-electron chi connectivity index (χ3n) is 9.80. The van der Waals surface area contributed by atoms with E-state index in [1.54, 1.807) is 33.0 Å². The summed E-state index contributed by atoms with van der Waals surface area (Å²) in [6, 6.07) is 6.96. The number of aromatic nitrogens is 4. The molecular weight excluding hydrogens is 714 g/mol. The van der Waals surface area contributed by atoms with Crippen LogP contribution in [0.2, 0.25) is 5.02 Å². The van der Waals surface area contributed by atoms with Crippen LogP contribution in [-0.4, -0.2) is 68.2 Å². The van der Waals surface area contributed by atoms with Crippen molar-refractivity contribution in [2.24, 2.45) is 0 Å². The lowest BCUT2D eigenvalue weighted by molar-refractivity contribution is 0.0636. The fourth-order valence-electron chi connectivity index (χ4n) is 7.67. The van der Waals surface area contributed by atoms with Crippen LogP contribution in [0.3, 0.4) is 0 Å². The van der Waals surface area contributed by atoms with Crippen LogP contribution in [0.25, 0.3) is 32.1 Å². The van der Waals surface area contributed by atoms with Crippen LogP contribution in [0.5, 0.6) is 6.01 Å². The van der Waals surface area contributed by atoms with Crippen LogP contribution in [0.1, 0.15) is 62.4 Å². The number of amides is 1. The second-order valence-electron chi connectivity index (χ2n) is 14.4. The predicted octanol–water partition coefficient (Wildman–Crippen LogP) is 7.84. The topological polar surface area (TPSA) is 150 Å². The van der Waals surface area contributed by atoms with Crippen LogP contribution in [0.15, 0.2) is 24.4 Å². The number of halogens is 3. The van der Waals surface area contributed by atoms with Gasteiger partial charge in [-0.25, -0.2) is 13.6 Å². The molecule has 0 bridgehead atoms. The fraction of sp³-hybridized carbons (Fsp3) is 0.417. The molecule has 8 rings (SSSR count). The number of ether oxygens (including phenoxy) is 3. The van der Waals surface area contributed by atoms with Crippen molar-refractivity contribution in [2.45, 2.75) is 77.1 Å². The number of nitriles is 1. The number of nitrogens with zero attached hydrogens (tertiary/aromatic N) is 5. The molecule has 5 aromatic rings. The summed E-state index contributed by atoms with van der Waals surface area (Å²) in [5.74, 6) is -0.102. The fourth-order valence-corrected chi connectivity index (χ4v) is 9.09. The van der Waals surface area contributed by atoms with Gasteiger partial charge in [0.1, 0.15) is 41.1 Å². The van der Waals surface area contributed by atoms with Crippen molar-refractivity contribution in [3.05, 3.63) is 57.6 Å². The number of hydrogen-bond acceptors (Lipinski definition) is 11. The molecule has 3 aromatic heterocycles. The van der Waals surface area contributed by atoms with Gasteiger partial charge in [0.15, 0.2) is 0 Å². The van der Waals surface area contributed by atoms with E-state index in [1.165, 1.54) is 6.07 Å². The molecule has 1 amide bonds. The molecule has 52 heavy (non-hydrogen) atoms. The number of rotatable bonds is 8. The summed E-state index contributed by atoms with van der Waals surface area (Å²) in [6.07, 6.45) is 2.12. The summed E-state index contributed by atoms with van der Waals surface area (Å²) in [7, 11) is 0. The number of carbonyl (C=O) groups excluding carboxylic acids is 1. The molecule has 2 fully saturated rings. The lowest BCUT2D eigenvalue weighted by Gasteiger charge is -2.30. The van der Waals surface area contributed by atoms with E-state index in [0.29, 0.717) is 52.7 Å². The second kappa shape index (κ2) is 13.1. The van der Waals surface area contributed by atoms with Crippen molar-refractivity contribution in [1.82, 2.24) is 25.1 Å². The minimum absolute atomic E-state index is 0.0659. The van der Waals surface area contributed by atoms with Gasteiger partial charge in [-0.1, -0.05) is 17.7 Å². The zero-order valence-corrected chi connectivity index (χ0v) is 30.2. The predicted molar refractivity (Wildman–Crippen MR) is 193 cm³/mol. The smallest absolute Gasteiger partial charge is 0.412 e. The Balaban J connectivity index is 1.28. The summed E-state index contributed by atoms with van der Waals surface area (Å²) >= 11 is 8.31. The molecule has 0 radical (unpaired) electrons. The Bertz CT molecular complexity index is 2270. The first kappa shape index (κ1) is 34.5. The van der Waals surface area contributed by atoms with E-state index in [0.717, 1.165) is 47.5 Å². The Morgan fingerprint density at radius 1 is 1.25 bits per heavy atom. The molecule has 3 aliphatic rings. The molecule has 0 unspecified atom stereocenters. The van der Waals surface area contributed by atoms with Crippen molar-refractivity contribution in [2.75, 3.05) is 30.3 Å². The molecule has 16 heteroatoms. The molecular formula is C36H35ClF2N8O4S. The number of alkyl halides is 1. The SMILES string of the molecule is CC(C)(C)OC(=O)Nc1sc2c(F)ccc(-c3c4c(c5c(NCc6ccn[nH]6)nc(OC[C@@]67CCCN6C[C@H](F)C7)nc5c3Cl)COC4)c2c1C#N. The van der Waals surface area contributed by atoms with E-state index >= 15 is 4.39 Å². The molecule has 0 saturated carbocycles. The van der Waals surface area contributed by atoms with Crippen molar-refractivity contribution >= 4 is 60.8 Å². The van der Waals surface area contributed by atoms with Gasteiger partial charge in [0.25, 0.3) is 0 Å². The molecule has 3 aliphatic heterocycles.